The minimum absolute atomic E-state index is 0.0779. The van der Waals surface area contributed by atoms with Crippen LogP contribution in [0.15, 0.2) is 0 Å². The van der Waals surface area contributed by atoms with Gasteiger partial charge in [0.25, 0.3) is 10.0 Å². The Morgan fingerprint density at radius 3 is 2.47 bits per heavy atom. The Labute approximate surface area is 98.5 Å². The molecule has 17 heavy (non-hydrogen) atoms. The normalized spacial score (nSPS) is 17.5. The zero-order valence-corrected chi connectivity index (χ0v) is 10.1. The number of aromatic nitrogens is 3. The van der Waals surface area contributed by atoms with Gasteiger partial charge in [-0.2, -0.15) is 0 Å². The Balaban J connectivity index is 2.58. The van der Waals surface area contributed by atoms with E-state index in [1.54, 1.807) is 0 Å². The van der Waals surface area contributed by atoms with Gasteiger partial charge >= 0.3 is 5.97 Å². The molecule has 0 radical (unpaired) electrons. The lowest BCUT2D eigenvalue weighted by Crippen LogP contribution is -2.18. The number of rotatable bonds is 3. The highest BCUT2D eigenvalue weighted by atomic mass is 32.2. The summed E-state index contributed by atoms with van der Waals surface area (Å²) in [5.41, 5.74) is -0.0279. The summed E-state index contributed by atoms with van der Waals surface area (Å²) in [5.74, 6) is -1.31. The second kappa shape index (κ2) is 4.10. The minimum Gasteiger partial charge on any atom is -0.476 e. The second-order valence-corrected chi connectivity index (χ2v) is 6.03. The highest BCUT2D eigenvalue weighted by molar-refractivity contribution is 7.89. The molecule has 1 aliphatic carbocycles. The van der Waals surface area contributed by atoms with E-state index >= 15 is 0 Å². The van der Waals surface area contributed by atoms with Crippen molar-refractivity contribution in [2.75, 3.05) is 6.26 Å². The molecule has 1 aromatic heterocycles. The average molecular weight is 259 g/mol. The zero-order valence-electron chi connectivity index (χ0n) is 9.33. The average Bonchev–Trinajstić information content (AvgIpc) is 2.84. The molecule has 1 saturated carbocycles. The molecule has 0 atom stereocenters. The monoisotopic (exact) mass is 259 g/mol. The van der Waals surface area contributed by atoms with E-state index < -0.39 is 16.0 Å². The van der Waals surface area contributed by atoms with Crippen molar-refractivity contribution in [1.29, 1.82) is 0 Å². The van der Waals surface area contributed by atoms with Gasteiger partial charge in [0.2, 0.25) is 0 Å². The van der Waals surface area contributed by atoms with Gasteiger partial charge in [-0.1, -0.05) is 18.1 Å². The van der Waals surface area contributed by atoms with Crippen molar-refractivity contribution >= 4 is 16.0 Å². The lowest BCUT2D eigenvalue weighted by Gasteiger charge is -2.10. The molecule has 0 saturated heterocycles. The van der Waals surface area contributed by atoms with Gasteiger partial charge in [-0.25, -0.2) is 13.2 Å². The molecule has 0 aliphatic heterocycles. The topological polar surface area (TPSA) is 102 Å². The molecule has 0 spiro atoms. The first-order valence-electron chi connectivity index (χ1n) is 5.30. The molecule has 0 bridgehead atoms. The lowest BCUT2D eigenvalue weighted by atomic mass is 10.0. The molecule has 7 nitrogen and oxygen atoms in total. The Kier molecular flexibility index (Phi) is 2.90. The number of carbonyl (C=O) groups is 1. The molecule has 1 heterocycles. The maximum absolute atomic E-state index is 11.5. The number of hydrogen-bond acceptors (Lipinski definition) is 5. The van der Waals surface area contributed by atoms with Crippen LogP contribution in [0.4, 0.5) is 0 Å². The standard InChI is InChI=1S/C9H13N3O4S/c1-17(15,16)12-8(6-4-2-3-5-6)7(9(13)14)10-11-12/h6H,2-5H2,1H3,(H,13,14). The first-order valence-corrected chi connectivity index (χ1v) is 7.15. The second-order valence-electron chi connectivity index (χ2n) is 4.22. The quantitative estimate of drug-likeness (QED) is 0.845. The van der Waals surface area contributed by atoms with E-state index in [1.807, 2.05) is 0 Å². The number of carboxylic acids is 1. The number of carboxylic acid groups (broad SMARTS) is 1. The Morgan fingerprint density at radius 1 is 1.41 bits per heavy atom. The van der Waals surface area contributed by atoms with Crippen LogP contribution in [0, 0.1) is 0 Å². The van der Waals surface area contributed by atoms with Crippen LogP contribution in [-0.2, 0) is 10.0 Å². The van der Waals surface area contributed by atoms with Crippen LogP contribution in [0.25, 0.3) is 0 Å². The fourth-order valence-corrected chi connectivity index (χ4v) is 2.98. The maximum atomic E-state index is 11.5. The number of hydrogen-bond donors (Lipinski definition) is 1. The third kappa shape index (κ3) is 2.17. The number of aromatic carboxylic acids is 1. The summed E-state index contributed by atoms with van der Waals surface area (Å²) in [4.78, 5) is 11.0. The van der Waals surface area contributed by atoms with Gasteiger partial charge in [-0.15, -0.1) is 9.19 Å². The van der Waals surface area contributed by atoms with Gasteiger partial charge in [-0.3, -0.25) is 0 Å². The predicted molar refractivity (Wildman–Crippen MR) is 58.4 cm³/mol. The van der Waals surface area contributed by atoms with Crippen molar-refractivity contribution < 1.29 is 18.3 Å². The molecule has 2 rings (SSSR count). The maximum Gasteiger partial charge on any atom is 0.358 e. The molecule has 1 fully saturated rings. The van der Waals surface area contributed by atoms with Crippen molar-refractivity contribution in [3.8, 4) is 0 Å². The number of nitrogens with zero attached hydrogens (tertiary/aromatic N) is 3. The van der Waals surface area contributed by atoms with Crippen molar-refractivity contribution in [3.05, 3.63) is 11.4 Å². The predicted octanol–water partition coefficient (Wildman–Crippen LogP) is 0.442. The summed E-state index contributed by atoms with van der Waals surface area (Å²) >= 11 is 0. The summed E-state index contributed by atoms with van der Waals surface area (Å²) in [6.07, 6.45) is 4.50. The van der Waals surface area contributed by atoms with E-state index in [0.717, 1.165) is 36.0 Å². The molecule has 0 aromatic carbocycles. The van der Waals surface area contributed by atoms with E-state index in [9.17, 15) is 13.2 Å². The molecule has 8 heteroatoms. The molecular weight excluding hydrogens is 246 g/mol. The molecular formula is C9H13N3O4S. The largest absolute Gasteiger partial charge is 0.476 e. The molecule has 1 aromatic rings. The molecule has 0 amide bonds. The van der Waals surface area contributed by atoms with Gasteiger partial charge in [0.15, 0.2) is 5.69 Å². The van der Waals surface area contributed by atoms with Crippen molar-refractivity contribution in [1.82, 2.24) is 14.4 Å². The zero-order chi connectivity index (χ0) is 12.6. The van der Waals surface area contributed by atoms with Crippen LogP contribution in [0.5, 0.6) is 0 Å². The molecule has 1 aliphatic rings. The fraction of sp³-hybridized carbons (Fsp3) is 0.667. The lowest BCUT2D eigenvalue weighted by molar-refractivity contribution is 0.0688. The van der Waals surface area contributed by atoms with Crippen molar-refractivity contribution in [3.63, 3.8) is 0 Å². The smallest absolute Gasteiger partial charge is 0.358 e. The van der Waals surface area contributed by atoms with Gasteiger partial charge in [-0.05, 0) is 12.8 Å². The molecule has 0 unspecified atom stereocenters. The van der Waals surface area contributed by atoms with Crippen LogP contribution in [0.3, 0.4) is 0 Å². The summed E-state index contributed by atoms with van der Waals surface area (Å²) in [5, 5.41) is 15.9. The fourth-order valence-electron chi connectivity index (χ4n) is 2.22. The van der Waals surface area contributed by atoms with Crippen LogP contribution in [0.1, 0.15) is 47.8 Å². The summed E-state index contributed by atoms with van der Waals surface area (Å²) < 4.78 is 23.8. The molecule has 1 N–H and O–H groups in total. The van der Waals surface area contributed by atoms with E-state index in [0.29, 0.717) is 0 Å². The van der Waals surface area contributed by atoms with Gasteiger partial charge in [0.05, 0.1) is 11.9 Å². The molecule has 94 valence electrons. The Hall–Kier alpha value is -1.44. The third-order valence-electron chi connectivity index (χ3n) is 2.93. The van der Waals surface area contributed by atoms with Crippen molar-refractivity contribution in [2.45, 2.75) is 31.6 Å². The van der Waals surface area contributed by atoms with Crippen LogP contribution >= 0.6 is 0 Å². The van der Waals surface area contributed by atoms with Gasteiger partial charge in [0, 0.05) is 5.92 Å². The van der Waals surface area contributed by atoms with Crippen LogP contribution in [-0.4, -0.2) is 40.1 Å². The SMILES string of the molecule is CS(=O)(=O)n1nnc(C(=O)O)c1C1CCCC1. The van der Waals surface area contributed by atoms with E-state index in [4.69, 9.17) is 5.11 Å². The highest BCUT2D eigenvalue weighted by Gasteiger charge is 2.31. The van der Waals surface area contributed by atoms with E-state index in [2.05, 4.69) is 10.3 Å². The first-order chi connectivity index (χ1) is 7.91. The van der Waals surface area contributed by atoms with E-state index in [1.165, 1.54) is 0 Å². The Morgan fingerprint density at radius 2 is 2.00 bits per heavy atom. The Bertz CT molecular complexity index is 543. The van der Waals surface area contributed by atoms with Crippen molar-refractivity contribution in [2.24, 2.45) is 0 Å². The van der Waals surface area contributed by atoms with Gasteiger partial charge < -0.3 is 5.11 Å². The first kappa shape index (κ1) is 12.0. The van der Waals surface area contributed by atoms with Crippen LogP contribution < -0.4 is 0 Å². The van der Waals surface area contributed by atoms with Gasteiger partial charge in [0.1, 0.15) is 0 Å². The third-order valence-corrected chi connectivity index (χ3v) is 3.83. The highest BCUT2D eigenvalue weighted by Crippen LogP contribution is 2.35. The summed E-state index contributed by atoms with van der Waals surface area (Å²) in [6.45, 7) is 0. The summed E-state index contributed by atoms with van der Waals surface area (Å²) in [6, 6.07) is 0. The van der Waals surface area contributed by atoms with E-state index in [-0.39, 0.29) is 17.3 Å². The summed E-state index contributed by atoms with van der Waals surface area (Å²) in [7, 11) is -3.60. The van der Waals surface area contributed by atoms with Crippen LogP contribution in [0.2, 0.25) is 0 Å². The minimum atomic E-state index is -3.60.